The van der Waals surface area contributed by atoms with Gasteiger partial charge in [-0.25, -0.2) is 13.8 Å². The second-order valence-corrected chi connectivity index (χ2v) is 9.87. The third-order valence-corrected chi connectivity index (χ3v) is 7.54. The van der Waals surface area contributed by atoms with E-state index in [9.17, 15) is 13.6 Å². The average Bonchev–Trinajstić information content (AvgIpc) is 3.29. The Balaban J connectivity index is 1.35. The summed E-state index contributed by atoms with van der Waals surface area (Å²) in [5.41, 5.74) is 9.21. The van der Waals surface area contributed by atoms with Gasteiger partial charge in [0.05, 0.1) is 30.3 Å². The number of H-pyrrole nitrogens is 1. The highest BCUT2D eigenvalue weighted by atomic mass is 35.5. The fourth-order valence-electron chi connectivity index (χ4n) is 5.28. The predicted molar refractivity (Wildman–Crippen MR) is 121 cm³/mol. The maximum Gasteiger partial charge on any atom is 0.328 e. The number of quaternary nitrogens is 1. The fraction of sp³-hybridized carbons (Fsp3) is 0.458. The van der Waals surface area contributed by atoms with E-state index in [2.05, 4.69) is 15.3 Å². The van der Waals surface area contributed by atoms with Gasteiger partial charge in [0.25, 0.3) is 5.91 Å². The van der Waals surface area contributed by atoms with Crippen LogP contribution in [0.1, 0.15) is 46.8 Å². The van der Waals surface area contributed by atoms with Gasteiger partial charge in [0.15, 0.2) is 11.9 Å². The molecule has 5 rings (SSSR count). The number of piperidine rings is 1. The van der Waals surface area contributed by atoms with Gasteiger partial charge in [-0.05, 0) is 24.0 Å². The zero-order valence-corrected chi connectivity index (χ0v) is 19.8. The summed E-state index contributed by atoms with van der Waals surface area (Å²) in [6, 6.07) is 3.92. The number of rotatable bonds is 4. The molecule has 7 nitrogen and oxygen atoms in total. The lowest BCUT2D eigenvalue weighted by Crippen LogP contribution is -2.94. The Morgan fingerprint density at radius 2 is 2.09 bits per heavy atom. The second kappa shape index (κ2) is 8.78. The number of aromatic nitrogens is 2. The summed E-state index contributed by atoms with van der Waals surface area (Å²) in [7, 11) is 0. The lowest BCUT2D eigenvalue weighted by atomic mass is 10.0. The summed E-state index contributed by atoms with van der Waals surface area (Å²) in [4.78, 5) is 22.7. The minimum atomic E-state index is -0.852. The molecule has 0 spiro atoms. The van der Waals surface area contributed by atoms with Crippen molar-refractivity contribution in [3.8, 4) is 5.75 Å². The third kappa shape index (κ3) is 4.22. The van der Waals surface area contributed by atoms with Gasteiger partial charge in [0, 0.05) is 37.9 Å². The van der Waals surface area contributed by atoms with E-state index in [0.717, 1.165) is 5.69 Å². The Bertz CT molecular complexity index is 1160. The number of benzene rings is 1. The molecule has 5 N–H and O–H groups in total. The molecule has 3 aliphatic heterocycles. The second-order valence-electron chi connectivity index (χ2n) is 9.49. The molecule has 1 amide bonds. The topological polar surface area (TPSA) is 99.2 Å². The summed E-state index contributed by atoms with van der Waals surface area (Å²) in [5.74, 6) is -0.0610. The molecule has 2 bridgehead atoms. The van der Waals surface area contributed by atoms with Crippen LogP contribution >= 0.6 is 11.6 Å². The van der Waals surface area contributed by atoms with Crippen molar-refractivity contribution < 1.29 is 28.6 Å². The first-order chi connectivity index (χ1) is 16.2. The van der Waals surface area contributed by atoms with Crippen molar-refractivity contribution in [1.29, 1.82) is 0 Å². The summed E-state index contributed by atoms with van der Waals surface area (Å²) in [5, 5.41) is 2.61. The number of carbonyl (C=O) groups excluding carboxylic acids is 1. The number of alkyl halides is 1. The van der Waals surface area contributed by atoms with Gasteiger partial charge in [-0.3, -0.25) is 4.79 Å². The van der Waals surface area contributed by atoms with Crippen LogP contribution in [0.4, 0.5) is 8.78 Å². The van der Waals surface area contributed by atoms with Crippen LogP contribution in [0.5, 0.6) is 5.75 Å². The summed E-state index contributed by atoms with van der Waals surface area (Å²) in [6.45, 7) is 4.12. The molecule has 4 atom stereocenters. The number of aromatic amines is 1. The molecular weight excluding hydrogens is 464 g/mol. The molecule has 2 saturated heterocycles. The smallest absolute Gasteiger partial charge is 0.328 e. The highest BCUT2D eigenvalue weighted by molar-refractivity contribution is 6.31. The van der Waals surface area contributed by atoms with Gasteiger partial charge >= 0.3 is 5.82 Å². The molecule has 0 radical (unpaired) electrons. The van der Waals surface area contributed by atoms with E-state index in [-0.39, 0.29) is 48.5 Å². The molecule has 3 aliphatic rings. The van der Waals surface area contributed by atoms with Crippen molar-refractivity contribution >= 4 is 23.1 Å². The molecular formula is C24H28ClF2N5O2+2. The molecule has 180 valence electrons. The molecule has 2 fully saturated rings. The van der Waals surface area contributed by atoms with Gasteiger partial charge in [0.2, 0.25) is 0 Å². The number of nitrogens with zero attached hydrogens (tertiary/aromatic N) is 2. The molecule has 0 saturated carbocycles. The van der Waals surface area contributed by atoms with Crippen LogP contribution in [0, 0.1) is 19.7 Å². The molecule has 1 aromatic heterocycles. The van der Waals surface area contributed by atoms with E-state index in [1.165, 1.54) is 18.2 Å². The number of ether oxygens (including phenoxy) is 1. The van der Waals surface area contributed by atoms with Crippen molar-refractivity contribution in [2.24, 2.45) is 5.73 Å². The van der Waals surface area contributed by atoms with Crippen LogP contribution in [0.25, 0.3) is 5.57 Å². The minimum absolute atomic E-state index is 0.142. The molecule has 10 heteroatoms. The van der Waals surface area contributed by atoms with Gasteiger partial charge in [-0.1, -0.05) is 11.6 Å². The van der Waals surface area contributed by atoms with E-state index in [1.807, 2.05) is 13.8 Å². The normalized spacial score (nSPS) is 26.3. The van der Waals surface area contributed by atoms with Crippen molar-refractivity contribution in [1.82, 2.24) is 9.88 Å². The number of halogens is 3. The Morgan fingerprint density at radius 3 is 2.82 bits per heavy atom. The third-order valence-electron chi connectivity index (χ3n) is 6.98. The van der Waals surface area contributed by atoms with Gasteiger partial charge < -0.3 is 20.7 Å². The van der Waals surface area contributed by atoms with Crippen LogP contribution in [-0.2, 0) is 0 Å². The van der Waals surface area contributed by atoms with E-state index in [1.54, 1.807) is 4.90 Å². The molecule has 4 heterocycles. The van der Waals surface area contributed by atoms with Crippen molar-refractivity contribution in [3.63, 3.8) is 0 Å². The maximum atomic E-state index is 14.1. The number of nitrogens with one attached hydrogen (secondary N) is 1. The zero-order chi connectivity index (χ0) is 24.1. The summed E-state index contributed by atoms with van der Waals surface area (Å²) >= 11 is 6.22. The van der Waals surface area contributed by atoms with Crippen molar-refractivity contribution in [2.45, 2.75) is 57.5 Å². The van der Waals surface area contributed by atoms with E-state index in [4.69, 9.17) is 22.1 Å². The van der Waals surface area contributed by atoms with Crippen LogP contribution in [-0.4, -0.2) is 53.2 Å². The van der Waals surface area contributed by atoms with Crippen molar-refractivity contribution in [3.05, 3.63) is 57.5 Å². The van der Waals surface area contributed by atoms with Gasteiger partial charge in [-0.2, -0.15) is 0 Å². The summed E-state index contributed by atoms with van der Waals surface area (Å²) < 4.78 is 34.3. The van der Waals surface area contributed by atoms with Crippen LogP contribution in [0.15, 0.2) is 23.9 Å². The van der Waals surface area contributed by atoms with Gasteiger partial charge in [0.1, 0.15) is 34.4 Å². The Kier molecular flexibility index (Phi) is 5.93. The number of nitrogens with two attached hydrogens (primary N) is 2. The number of fused-ring (bicyclic) bond motifs is 2. The first-order valence-corrected chi connectivity index (χ1v) is 11.9. The molecule has 34 heavy (non-hydrogen) atoms. The van der Waals surface area contributed by atoms with E-state index in [0.29, 0.717) is 47.1 Å². The maximum absolute atomic E-state index is 14.1. The molecule has 1 aromatic carbocycles. The van der Waals surface area contributed by atoms with Gasteiger partial charge in [-0.15, -0.1) is 0 Å². The highest BCUT2D eigenvalue weighted by Gasteiger charge is 2.46. The number of hydrogen-bond donors (Lipinski definition) is 2. The quantitative estimate of drug-likeness (QED) is 0.680. The van der Waals surface area contributed by atoms with Crippen LogP contribution in [0.2, 0.25) is 5.02 Å². The minimum Gasteiger partial charge on any atom is -0.489 e. The van der Waals surface area contributed by atoms with Crippen LogP contribution in [0.3, 0.4) is 0 Å². The van der Waals surface area contributed by atoms with E-state index < -0.39 is 12.0 Å². The van der Waals surface area contributed by atoms with Crippen molar-refractivity contribution in [2.75, 3.05) is 13.1 Å². The lowest BCUT2D eigenvalue weighted by Gasteiger charge is -2.28. The SMILES string of the molecule is Cc1nc(C2=C(N)CN(C(=O)c3ccc(F)cc3OC3CC4CC(F)C(C3)[NH2+]4)C2)[nH+]c(C)c1Cl. The fourth-order valence-corrected chi connectivity index (χ4v) is 5.37. The Labute approximate surface area is 201 Å². The highest BCUT2D eigenvalue weighted by Crippen LogP contribution is 2.31. The zero-order valence-electron chi connectivity index (χ0n) is 19.1. The molecule has 0 aliphatic carbocycles. The first-order valence-electron chi connectivity index (χ1n) is 11.5. The van der Waals surface area contributed by atoms with Crippen LogP contribution < -0.4 is 20.8 Å². The Morgan fingerprint density at radius 1 is 1.29 bits per heavy atom. The number of hydrogen-bond acceptors (Lipinski definition) is 4. The largest absolute Gasteiger partial charge is 0.489 e. The number of carbonyl (C=O) groups is 1. The monoisotopic (exact) mass is 491 g/mol. The summed E-state index contributed by atoms with van der Waals surface area (Å²) in [6.07, 6.45) is 0.594. The first kappa shape index (κ1) is 23.0. The predicted octanol–water partition coefficient (Wildman–Crippen LogP) is 1.71. The van der Waals surface area contributed by atoms with E-state index >= 15 is 0 Å². The number of aryl methyl sites for hydroxylation is 2. The number of amides is 1. The molecule has 2 aromatic rings. The average molecular weight is 492 g/mol. The Hall–Kier alpha value is -2.78. The lowest BCUT2D eigenvalue weighted by molar-refractivity contribution is -0.714. The standard InChI is InChI=1S/C24H26ClF2N5O2/c1-11-22(25)12(2)30-23(29-11)17-9-32(10-19(17)28)24(33)16-4-3-13(26)5-21(16)34-15-6-14-7-18(27)20(8-15)31-14/h3-5,14-15,18,20,31H,6-10,28H2,1-2H3/p+2. The molecule has 4 unspecified atom stereocenters.